The topological polar surface area (TPSA) is 77.6 Å². The first-order chi connectivity index (χ1) is 13.0. The van der Waals surface area contributed by atoms with Crippen molar-refractivity contribution in [3.05, 3.63) is 65.2 Å². The summed E-state index contributed by atoms with van der Waals surface area (Å²) >= 11 is 0. The van der Waals surface area contributed by atoms with Crippen LogP contribution in [0.2, 0.25) is 0 Å². The average Bonchev–Trinajstić information content (AvgIpc) is 3.21. The van der Waals surface area contributed by atoms with Crippen LogP contribution in [0.15, 0.2) is 47.1 Å². The van der Waals surface area contributed by atoms with Gasteiger partial charge in [0.1, 0.15) is 23.3 Å². The van der Waals surface area contributed by atoms with E-state index in [0.717, 1.165) is 28.4 Å². The van der Waals surface area contributed by atoms with Gasteiger partial charge in [0.15, 0.2) is 6.23 Å². The molecule has 2 aromatic heterocycles. The molecule has 3 unspecified atom stereocenters. The Morgan fingerprint density at radius 2 is 2.00 bits per heavy atom. The lowest BCUT2D eigenvalue weighted by molar-refractivity contribution is -0.0215. The third-order valence-electron chi connectivity index (χ3n) is 5.24. The molecule has 4 rings (SSSR count). The molecule has 1 saturated heterocycles. The molecule has 1 aliphatic rings. The van der Waals surface area contributed by atoms with Gasteiger partial charge >= 0.3 is 0 Å². The van der Waals surface area contributed by atoms with Gasteiger partial charge < -0.3 is 19.3 Å². The largest absolute Gasteiger partial charge is 0.371 e. The van der Waals surface area contributed by atoms with Crippen LogP contribution in [0.3, 0.4) is 0 Å². The standard InChI is InChI=1S/C20H24N4O3/c1-13-16(14(2)27-23-13)12-24-11-10-17(22-24)21-19-18(26-19)20(3,25-4)15-8-6-5-7-9-15/h5-11,18-19H,12H2,1-4H3,(H,21,22). The zero-order chi connectivity index (χ0) is 19.0. The number of epoxide rings is 1. The Labute approximate surface area is 158 Å². The van der Waals surface area contributed by atoms with Crippen LogP contribution in [0.4, 0.5) is 5.82 Å². The maximum atomic E-state index is 5.87. The molecule has 142 valence electrons. The highest BCUT2D eigenvalue weighted by Crippen LogP contribution is 2.41. The van der Waals surface area contributed by atoms with E-state index in [0.29, 0.717) is 6.54 Å². The van der Waals surface area contributed by atoms with Gasteiger partial charge in [-0.3, -0.25) is 4.68 Å². The lowest BCUT2D eigenvalue weighted by Crippen LogP contribution is -2.33. The van der Waals surface area contributed by atoms with Crippen molar-refractivity contribution in [1.29, 1.82) is 0 Å². The van der Waals surface area contributed by atoms with Crippen molar-refractivity contribution in [2.75, 3.05) is 12.4 Å². The third-order valence-corrected chi connectivity index (χ3v) is 5.24. The summed E-state index contributed by atoms with van der Waals surface area (Å²) in [6, 6.07) is 12.1. The van der Waals surface area contributed by atoms with Gasteiger partial charge in [0.05, 0.1) is 12.2 Å². The summed E-state index contributed by atoms with van der Waals surface area (Å²) in [6.07, 6.45) is 1.70. The maximum Gasteiger partial charge on any atom is 0.159 e. The van der Waals surface area contributed by atoms with Crippen LogP contribution < -0.4 is 5.32 Å². The van der Waals surface area contributed by atoms with E-state index in [1.54, 1.807) is 7.11 Å². The highest BCUT2D eigenvalue weighted by atomic mass is 16.6. The smallest absolute Gasteiger partial charge is 0.159 e. The van der Waals surface area contributed by atoms with E-state index >= 15 is 0 Å². The van der Waals surface area contributed by atoms with E-state index in [9.17, 15) is 0 Å². The number of aromatic nitrogens is 3. The van der Waals surface area contributed by atoms with Gasteiger partial charge in [-0.25, -0.2) is 0 Å². The summed E-state index contributed by atoms with van der Waals surface area (Å²) in [5.74, 6) is 1.59. The van der Waals surface area contributed by atoms with E-state index in [4.69, 9.17) is 14.0 Å². The molecule has 0 amide bonds. The molecule has 1 N–H and O–H groups in total. The molecular weight excluding hydrogens is 344 g/mol. The van der Waals surface area contributed by atoms with E-state index in [1.165, 1.54) is 0 Å². The fraction of sp³-hybridized carbons (Fsp3) is 0.400. The predicted octanol–water partition coefficient (Wildman–Crippen LogP) is 3.23. The van der Waals surface area contributed by atoms with Gasteiger partial charge in [-0.05, 0) is 26.3 Å². The molecule has 7 nitrogen and oxygen atoms in total. The molecule has 3 heterocycles. The Kier molecular flexibility index (Phi) is 4.49. The Morgan fingerprint density at radius 1 is 1.22 bits per heavy atom. The quantitative estimate of drug-likeness (QED) is 0.645. The molecule has 27 heavy (non-hydrogen) atoms. The predicted molar refractivity (Wildman–Crippen MR) is 100 cm³/mol. The number of rotatable bonds is 7. The van der Waals surface area contributed by atoms with Gasteiger partial charge in [0.2, 0.25) is 0 Å². The van der Waals surface area contributed by atoms with Crippen molar-refractivity contribution in [2.24, 2.45) is 0 Å². The molecule has 3 aromatic rings. The Bertz CT molecular complexity index is 901. The Morgan fingerprint density at radius 3 is 2.67 bits per heavy atom. The number of hydrogen-bond donors (Lipinski definition) is 1. The summed E-state index contributed by atoms with van der Waals surface area (Å²) < 4.78 is 18.8. The number of benzene rings is 1. The van der Waals surface area contributed by atoms with Gasteiger partial charge in [0.25, 0.3) is 0 Å². The highest BCUT2D eigenvalue weighted by molar-refractivity contribution is 5.37. The molecule has 0 aliphatic carbocycles. The minimum absolute atomic E-state index is 0.0855. The van der Waals surface area contributed by atoms with Crippen molar-refractivity contribution in [2.45, 2.75) is 45.2 Å². The summed E-state index contributed by atoms with van der Waals surface area (Å²) in [5, 5.41) is 11.9. The molecule has 1 aliphatic heterocycles. The zero-order valence-electron chi connectivity index (χ0n) is 16.0. The molecule has 0 saturated carbocycles. The average molecular weight is 368 g/mol. The van der Waals surface area contributed by atoms with Crippen LogP contribution in [0.25, 0.3) is 0 Å². The van der Waals surface area contributed by atoms with Gasteiger partial charge in [0, 0.05) is 24.9 Å². The summed E-state index contributed by atoms with van der Waals surface area (Å²) in [5.41, 5.74) is 2.52. The first-order valence-corrected chi connectivity index (χ1v) is 8.99. The number of hydrogen-bond acceptors (Lipinski definition) is 6. The normalized spacial score (nSPS) is 21.0. The molecule has 0 radical (unpaired) electrons. The van der Waals surface area contributed by atoms with Crippen molar-refractivity contribution in [1.82, 2.24) is 14.9 Å². The molecular formula is C20H24N4O3. The van der Waals surface area contributed by atoms with Crippen LogP contribution >= 0.6 is 0 Å². The van der Waals surface area contributed by atoms with Crippen molar-refractivity contribution in [3.8, 4) is 0 Å². The van der Waals surface area contributed by atoms with E-state index < -0.39 is 5.60 Å². The fourth-order valence-corrected chi connectivity index (χ4v) is 3.37. The van der Waals surface area contributed by atoms with Gasteiger partial charge in [-0.1, -0.05) is 35.5 Å². The summed E-state index contributed by atoms with van der Waals surface area (Å²) in [4.78, 5) is 0. The van der Waals surface area contributed by atoms with Crippen molar-refractivity contribution >= 4 is 5.82 Å². The number of anilines is 1. The second kappa shape index (κ2) is 6.83. The number of aryl methyl sites for hydroxylation is 2. The SMILES string of the molecule is COC(C)(c1ccccc1)C1OC1Nc1ccn(Cc2c(C)noc2C)n1. The highest BCUT2D eigenvalue weighted by Gasteiger charge is 2.54. The molecule has 3 atom stereocenters. The molecule has 0 spiro atoms. The van der Waals surface area contributed by atoms with Crippen LogP contribution in [0.5, 0.6) is 0 Å². The summed E-state index contributed by atoms with van der Waals surface area (Å²) in [6.45, 7) is 6.52. The zero-order valence-corrected chi connectivity index (χ0v) is 16.0. The number of nitrogens with zero attached hydrogens (tertiary/aromatic N) is 3. The second-order valence-corrected chi connectivity index (χ2v) is 7.00. The summed E-state index contributed by atoms with van der Waals surface area (Å²) in [7, 11) is 1.71. The monoisotopic (exact) mass is 368 g/mol. The van der Waals surface area contributed by atoms with Crippen LogP contribution in [0.1, 0.15) is 29.5 Å². The van der Waals surface area contributed by atoms with Crippen LogP contribution in [-0.2, 0) is 21.6 Å². The van der Waals surface area contributed by atoms with E-state index in [1.807, 2.05) is 55.9 Å². The number of ether oxygens (including phenoxy) is 2. The number of nitrogens with one attached hydrogen (secondary N) is 1. The van der Waals surface area contributed by atoms with Crippen molar-refractivity contribution in [3.63, 3.8) is 0 Å². The Balaban J connectivity index is 1.42. The third kappa shape index (κ3) is 3.36. The lowest BCUT2D eigenvalue weighted by Gasteiger charge is -2.27. The van der Waals surface area contributed by atoms with Crippen LogP contribution in [-0.4, -0.2) is 34.4 Å². The Hall–Kier alpha value is -2.64. The van der Waals surface area contributed by atoms with E-state index in [-0.39, 0.29) is 12.3 Å². The fourth-order valence-electron chi connectivity index (χ4n) is 3.37. The van der Waals surface area contributed by atoms with Gasteiger partial charge in [-0.15, -0.1) is 0 Å². The van der Waals surface area contributed by atoms with E-state index in [2.05, 4.69) is 27.7 Å². The second-order valence-electron chi connectivity index (χ2n) is 7.00. The molecule has 7 heteroatoms. The van der Waals surface area contributed by atoms with Crippen molar-refractivity contribution < 1.29 is 14.0 Å². The van der Waals surface area contributed by atoms with Gasteiger partial charge in [-0.2, -0.15) is 5.10 Å². The molecule has 1 fully saturated rings. The minimum atomic E-state index is -0.516. The first-order valence-electron chi connectivity index (χ1n) is 8.99. The molecule has 1 aromatic carbocycles. The molecule has 0 bridgehead atoms. The minimum Gasteiger partial charge on any atom is -0.371 e. The maximum absolute atomic E-state index is 5.87. The first kappa shape index (κ1) is 17.8. The number of methoxy groups -OCH3 is 1. The lowest BCUT2D eigenvalue weighted by atomic mass is 9.92. The van der Waals surface area contributed by atoms with Crippen LogP contribution in [0, 0.1) is 13.8 Å².